The molecule has 2 nitrogen and oxygen atoms in total. The Bertz CT molecular complexity index is 787. The second-order valence-electron chi connectivity index (χ2n) is 4.51. The maximum absolute atomic E-state index is 6.17. The number of benzene rings is 2. The van der Waals surface area contributed by atoms with Crippen LogP contribution < -0.4 is 0 Å². The lowest BCUT2D eigenvalue weighted by Gasteiger charge is -2.07. The zero-order valence-electron chi connectivity index (χ0n) is 10.9. The van der Waals surface area contributed by atoms with Crippen LogP contribution in [0.15, 0.2) is 46.9 Å². The normalized spacial score (nSPS) is 10.9. The summed E-state index contributed by atoms with van der Waals surface area (Å²) in [4.78, 5) is 8.95. The van der Waals surface area contributed by atoms with E-state index < -0.39 is 0 Å². The van der Waals surface area contributed by atoms with E-state index in [9.17, 15) is 0 Å². The van der Waals surface area contributed by atoms with Crippen molar-refractivity contribution in [1.82, 2.24) is 9.97 Å². The van der Waals surface area contributed by atoms with Gasteiger partial charge in [0.15, 0.2) is 5.82 Å². The first kappa shape index (κ1) is 13.5. The molecule has 0 aliphatic heterocycles. The summed E-state index contributed by atoms with van der Waals surface area (Å²) >= 11 is 9.60. The summed E-state index contributed by atoms with van der Waals surface area (Å²) in [6.07, 6.45) is 0.809. The molecule has 1 heterocycles. The molecular weight excluding hydrogens is 336 g/mol. The molecule has 0 saturated carbocycles. The molecule has 100 valence electrons. The van der Waals surface area contributed by atoms with Gasteiger partial charge in [0.25, 0.3) is 0 Å². The van der Waals surface area contributed by atoms with Gasteiger partial charge < -0.3 is 0 Å². The van der Waals surface area contributed by atoms with Crippen molar-refractivity contribution in [2.45, 2.75) is 13.3 Å². The monoisotopic (exact) mass is 346 g/mol. The van der Waals surface area contributed by atoms with Crippen molar-refractivity contribution >= 4 is 38.3 Å². The highest BCUT2D eigenvalue weighted by Crippen LogP contribution is 2.28. The lowest BCUT2D eigenvalue weighted by atomic mass is 10.1. The van der Waals surface area contributed by atoms with Crippen molar-refractivity contribution in [3.8, 4) is 11.4 Å². The SMILES string of the molecule is CCc1nc(-c2ccc3ccccc3c2)nc(Cl)c1Br. The van der Waals surface area contributed by atoms with E-state index in [0.29, 0.717) is 11.0 Å². The largest absolute Gasteiger partial charge is 0.232 e. The van der Waals surface area contributed by atoms with Crippen LogP contribution in [-0.4, -0.2) is 9.97 Å². The fourth-order valence-electron chi connectivity index (χ4n) is 2.15. The highest BCUT2D eigenvalue weighted by atomic mass is 79.9. The van der Waals surface area contributed by atoms with E-state index in [2.05, 4.69) is 50.2 Å². The Labute approximate surface area is 131 Å². The average molecular weight is 348 g/mol. The van der Waals surface area contributed by atoms with Crippen LogP contribution >= 0.6 is 27.5 Å². The van der Waals surface area contributed by atoms with Gasteiger partial charge in [0.2, 0.25) is 0 Å². The highest BCUT2D eigenvalue weighted by Gasteiger charge is 2.11. The molecule has 0 aliphatic carbocycles. The van der Waals surface area contributed by atoms with Gasteiger partial charge in [-0.1, -0.05) is 54.9 Å². The molecule has 0 aliphatic rings. The van der Waals surface area contributed by atoms with E-state index in [4.69, 9.17) is 11.6 Å². The Kier molecular flexibility index (Phi) is 3.72. The number of aryl methyl sites for hydroxylation is 1. The molecule has 0 saturated heterocycles. The predicted molar refractivity (Wildman–Crippen MR) is 87.1 cm³/mol. The van der Waals surface area contributed by atoms with Gasteiger partial charge in [0, 0.05) is 5.56 Å². The van der Waals surface area contributed by atoms with Crippen LogP contribution in [0.5, 0.6) is 0 Å². The molecule has 0 bridgehead atoms. The summed E-state index contributed by atoms with van der Waals surface area (Å²) in [5.41, 5.74) is 1.90. The summed E-state index contributed by atoms with van der Waals surface area (Å²) in [6.45, 7) is 2.05. The minimum Gasteiger partial charge on any atom is -0.232 e. The lowest BCUT2D eigenvalue weighted by molar-refractivity contribution is 0.991. The zero-order valence-corrected chi connectivity index (χ0v) is 13.2. The van der Waals surface area contributed by atoms with E-state index in [0.717, 1.165) is 22.2 Å². The number of hydrogen-bond acceptors (Lipinski definition) is 2. The topological polar surface area (TPSA) is 25.8 Å². The second kappa shape index (κ2) is 5.51. The molecule has 1 aromatic heterocycles. The minimum atomic E-state index is 0.458. The van der Waals surface area contributed by atoms with Crippen molar-refractivity contribution in [2.75, 3.05) is 0 Å². The molecule has 0 atom stereocenters. The molecule has 3 aromatic rings. The smallest absolute Gasteiger partial charge is 0.161 e. The number of halogens is 2. The van der Waals surface area contributed by atoms with Gasteiger partial charge in [-0.05, 0) is 39.2 Å². The maximum atomic E-state index is 6.17. The van der Waals surface area contributed by atoms with E-state index in [1.165, 1.54) is 10.8 Å². The fraction of sp³-hybridized carbons (Fsp3) is 0.125. The van der Waals surface area contributed by atoms with Crippen molar-refractivity contribution < 1.29 is 0 Å². The Balaban J connectivity index is 2.17. The van der Waals surface area contributed by atoms with Crippen molar-refractivity contribution in [3.63, 3.8) is 0 Å². The molecule has 3 rings (SSSR count). The van der Waals surface area contributed by atoms with Crippen molar-refractivity contribution in [3.05, 3.63) is 57.8 Å². The summed E-state index contributed by atoms with van der Waals surface area (Å²) in [5.74, 6) is 0.667. The first-order chi connectivity index (χ1) is 9.69. The van der Waals surface area contributed by atoms with Gasteiger partial charge in [-0.25, -0.2) is 9.97 Å². The first-order valence-corrected chi connectivity index (χ1v) is 7.57. The standard InChI is InChI=1S/C16H12BrClN2/c1-2-13-14(17)15(18)20-16(19-13)12-8-7-10-5-3-4-6-11(10)9-12/h3-9H,2H2,1H3. The van der Waals surface area contributed by atoms with Crippen molar-refractivity contribution in [1.29, 1.82) is 0 Å². The molecule has 0 unspecified atom stereocenters. The minimum absolute atomic E-state index is 0.458. The molecular formula is C16H12BrClN2. The van der Waals surface area contributed by atoms with Gasteiger partial charge in [0.05, 0.1) is 10.2 Å². The van der Waals surface area contributed by atoms with Gasteiger partial charge in [-0.3, -0.25) is 0 Å². The van der Waals surface area contributed by atoms with Gasteiger partial charge in [0.1, 0.15) is 5.15 Å². The lowest BCUT2D eigenvalue weighted by Crippen LogP contribution is -1.97. The van der Waals surface area contributed by atoms with E-state index >= 15 is 0 Å². The highest BCUT2D eigenvalue weighted by molar-refractivity contribution is 9.10. The summed E-state index contributed by atoms with van der Waals surface area (Å²) < 4.78 is 0.784. The molecule has 4 heteroatoms. The van der Waals surface area contributed by atoms with Gasteiger partial charge in [-0.15, -0.1) is 0 Å². The first-order valence-electron chi connectivity index (χ1n) is 6.40. The number of fused-ring (bicyclic) bond motifs is 1. The molecule has 20 heavy (non-hydrogen) atoms. The summed E-state index contributed by atoms with van der Waals surface area (Å²) in [6, 6.07) is 14.4. The summed E-state index contributed by atoms with van der Waals surface area (Å²) in [5, 5.41) is 2.83. The number of rotatable bonds is 2. The van der Waals surface area contributed by atoms with Crippen LogP contribution in [0.25, 0.3) is 22.2 Å². The van der Waals surface area contributed by atoms with Crippen LogP contribution in [0.3, 0.4) is 0 Å². The molecule has 0 N–H and O–H groups in total. The third-order valence-electron chi connectivity index (χ3n) is 3.22. The Hall–Kier alpha value is -1.45. The van der Waals surface area contributed by atoms with Gasteiger partial charge >= 0.3 is 0 Å². The molecule has 0 radical (unpaired) electrons. The third-order valence-corrected chi connectivity index (χ3v) is 4.56. The molecule has 0 spiro atoms. The van der Waals surface area contributed by atoms with Crippen molar-refractivity contribution in [2.24, 2.45) is 0 Å². The number of aromatic nitrogens is 2. The van der Waals surface area contributed by atoms with E-state index in [-0.39, 0.29) is 0 Å². The number of hydrogen-bond donors (Lipinski definition) is 0. The Morgan fingerprint density at radius 3 is 2.55 bits per heavy atom. The average Bonchev–Trinajstić information content (AvgIpc) is 2.49. The van der Waals surface area contributed by atoms with Crippen LogP contribution in [0.2, 0.25) is 5.15 Å². The third kappa shape index (κ3) is 2.43. The second-order valence-corrected chi connectivity index (χ2v) is 5.67. The maximum Gasteiger partial charge on any atom is 0.161 e. The Morgan fingerprint density at radius 2 is 1.80 bits per heavy atom. The number of nitrogens with zero attached hydrogens (tertiary/aromatic N) is 2. The molecule has 0 fully saturated rings. The van der Waals surface area contributed by atoms with E-state index in [1.807, 2.05) is 25.1 Å². The molecule has 2 aromatic carbocycles. The van der Waals surface area contributed by atoms with Crippen LogP contribution in [0, 0.1) is 0 Å². The Morgan fingerprint density at radius 1 is 1.05 bits per heavy atom. The zero-order chi connectivity index (χ0) is 14.1. The predicted octanol–water partition coefficient (Wildman–Crippen LogP) is 5.28. The van der Waals surface area contributed by atoms with Crippen LogP contribution in [0.1, 0.15) is 12.6 Å². The van der Waals surface area contributed by atoms with Crippen LogP contribution in [0.4, 0.5) is 0 Å². The molecule has 0 amide bonds. The van der Waals surface area contributed by atoms with Gasteiger partial charge in [-0.2, -0.15) is 0 Å². The summed E-state index contributed by atoms with van der Waals surface area (Å²) in [7, 11) is 0. The fourth-order valence-corrected chi connectivity index (χ4v) is 2.80. The quantitative estimate of drug-likeness (QED) is 0.590. The van der Waals surface area contributed by atoms with Crippen LogP contribution in [-0.2, 0) is 6.42 Å². The van der Waals surface area contributed by atoms with E-state index in [1.54, 1.807) is 0 Å².